The molecule has 1 unspecified atom stereocenters. The van der Waals surface area contributed by atoms with Crippen LogP contribution in [0, 0.1) is 11.8 Å². The number of rotatable bonds is 4. The number of pyridine rings is 1. The number of amides is 2. The van der Waals surface area contributed by atoms with E-state index in [0.29, 0.717) is 40.8 Å². The van der Waals surface area contributed by atoms with E-state index in [1.165, 1.54) is 4.90 Å². The molecule has 3 aromatic heterocycles. The van der Waals surface area contributed by atoms with E-state index in [9.17, 15) is 9.59 Å². The van der Waals surface area contributed by atoms with Gasteiger partial charge in [0, 0.05) is 43.3 Å². The summed E-state index contributed by atoms with van der Waals surface area (Å²) in [5.41, 5.74) is 8.91. The fourth-order valence-corrected chi connectivity index (χ4v) is 4.60. The molecule has 1 fully saturated rings. The molecule has 0 saturated carbocycles. The van der Waals surface area contributed by atoms with Crippen LogP contribution in [0.5, 0.6) is 0 Å². The van der Waals surface area contributed by atoms with Crippen LogP contribution >= 0.6 is 0 Å². The van der Waals surface area contributed by atoms with E-state index in [2.05, 4.69) is 21.8 Å². The maximum absolute atomic E-state index is 13.0. The van der Waals surface area contributed by atoms with Crippen molar-refractivity contribution in [3.8, 4) is 23.1 Å². The molecule has 1 aliphatic heterocycles. The normalized spacial score (nSPS) is 14.3. The van der Waals surface area contributed by atoms with E-state index < -0.39 is 0 Å². The Morgan fingerprint density at radius 2 is 1.84 bits per heavy atom. The number of nitrogen functional groups attached to an aromatic ring is 1. The molecule has 4 heterocycles. The molecule has 1 atom stereocenters. The van der Waals surface area contributed by atoms with Gasteiger partial charge in [-0.1, -0.05) is 38.0 Å². The molecule has 4 aromatic rings. The summed E-state index contributed by atoms with van der Waals surface area (Å²) in [6, 6.07) is 12.4. The Hall–Kier alpha value is -4.71. The molecular weight excluding hydrogens is 478 g/mol. The summed E-state index contributed by atoms with van der Waals surface area (Å²) in [6.07, 6.45) is 6.73. The van der Waals surface area contributed by atoms with Crippen molar-refractivity contribution in [2.45, 2.75) is 39.7 Å². The Kier molecular flexibility index (Phi) is 8.02. The molecule has 1 aliphatic rings. The van der Waals surface area contributed by atoms with Gasteiger partial charge >= 0.3 is 0 Å². The maximum Gasteiger partial charge on any atom is 0.299 e. The van der Waals surface area contributed by atoms with E-state index in [1.807, 2.05) is 42.6 Å². The van der Waals surface area contributed by atoms with Gasteiger partial charge in [-0.3, -0.25) is 18.9 Å². The predicted octanol–water partition coefficient (Wildman–Crippen LogP) is 4.36. The van der Waals surface area contributed by atoms with Crippen LogP contribution in [0.2, 0.25) is 0 Å². The van der Waals surface area contributed by atoms with Crippen molar-refractivity contribution in [3.63, 3.8) is 0 Å². The van der Waals surface area contributed by atoms with Crippen molar-refractivity contribution in [2.75, 3.05) is 24.2 Å². The average Bonchev–Trinajstić information content (AvgIpc) is 3.60. The van der Waals surface area contributed by atoms with Crippen LogP contribution in [-0.4, -0.2) is 49.7 Å². The third-order valence-corrected chi connectivity index (χ3v) is 6.36. The third kappa shape index (κ3) is 4.93. The van der Waals surface area contributed by atoms with Gasteiger partial charge in [0.05, 0.1) is 6.04 Å². The fourth-order valence-electron chi connectivity index (χ4n) is 4.60. The molecule has 38 heavy (non-hydrogen) atoms. The molecule has 1 aromatic carbocycles. The largest absolute Gasteiger partial charge is 0.382 e. The summed E-state index contributed by atoms with van der Waals surface area (Å²) in [6.45, 7) is 6.28. The Morgan fingerprint density at radius 1 is 1.08 bits per heavy atom. The second-order valence-electron chi connectivity index (χ2n) is 8.51. The molecule has 1 saturated heterocycles. The Balaban J connectivity index is 0.00000164. The second kappa shape index (κ2) is 11.6. The topological polar surface area (TPSA) is 110 Å². The standard InChI is InChI=1S/C27H25N7O2.C2H6/c1-3-7-22(35)33-16-6-8-20(33)26-31-23(24-25(28)30-15-17-34(24)26)18-10-12-19(13-11-18)27(36)32(2)21-9-4-5-14-29-21;1-2/h4-5,9-15,17,20H,6,8,16H2,1-2H3,(H2,28,30);1-2H3. The first-order chi connectivity index (χ1) is 18.5. The number of carbonyl (C=O) groups is 2. The minimum absolute atomic E-state index is 0.172. The van der Waals surface area contributed by atoms with Crippen molar-refractivity contribution in [2.24, 2.45) is 0 Å². The highest BCUT2D eigenvalue weighted by Gasteiger charge is 2.33. The summed E-state index contributed by atoms with van der Waals surface area (Å²) < 4.78 is 1.90. The van der Waals surface area contributed by atoms with Crippen LogP contribution in [0.3, 0.4) is 0 Å². The lowest BCUT2D eigenvalue weighted by atomic mass is 10.1. The van der Waals surface area contributed by atoms with Crippen LogP contribution in [0.4, 0.5) is 11.6 Å². The van der Waals surface area contributed by atoms with Crippen LogP contribution in [0.1, 0.15) is 55.8 Å². The fraction of sp³-hybridized carbons (Fsp3) is 0.276. The number of nitrogens with zero attached hydrogens (tertiary/aromatic N) is 6. The molecule has 9 heteroatoms. The van der Waals surface area contributed by atoms with Crippen LogP contribution in [0.15, 0.2) is 61.1 Å². The van der Waals surface area contributed by atoms with Crippen molar-refractivity contribution in [1.82, 2.24) is 24.3 Å². The lowest BCUT2D eigenvalue weighted by Crippen LogP contribution is -2.30. The summed E-state index contributed by atoms with van der Waals surface area (Å²) in [4.78, 5) is 42.3. The molecule has 2 N–H and O–H groups in total. The van der Waals surface area contributed by atoms with Crippen molar-refractivity contribution >= 4 is 29.0 Å². The van der Waals surface area contributed by atoms with E-state index >= 15 is 0 Å². The summed E-state index contributed by atoms with van der Waals surface area (Å²) in [5, 5.41) is 0. The van der Waals surface area contributed by atoms with Crippen molar-refractivity contribution in [1.29, 1.82) is 0 Å². The number of carbonyl (C=O) groups excluding carboxylic acids is 2. The minimum Gasteiger partial charge on any atom is -0.382 e. The van der Waals surface area contributed by atoms with Gasteiger partial charge in [-0.2, -0.15) is 0 Å². The minimum atomic E-state index is -0.214. The molecule has 9 nitrogen and oxygen atoms in total. The lowest BCUT2D eigenvalue weighted by Gasteiger charge is -2.21. The first kappa shape index (κ1) is 26.4. The highest BCUT2D eigenvalue weighted by molar-refractivity contribution is 6.05. The molecule has 194 valence electrons. The number of hydrogen-bond acceptors (Lipinski definition) is 6. The zero-order valence-electron chi connectivity index (χ0n) is 22.0. The van der Waals surface area contributed by atoms with Crippen LogP contribution in [-0.2, 0) is 4.79 Å². The molecule has 0 aliphatic carbocycles. The molecule has 0 spiro atoms. The average molecular weight is 510 g/mol. The molecular formula is C29H31N7O2. The Labute approximate surface area is 222 Å². The van der Waals surface area contributed by atoms with Gasteiger partial charge in [0.1, 0.15) is 28.7 Å². The van der Waals surface area contributed by atoms with Gasteiger partial charge in [-0.05, 0) is 50.0 Å². The quantitative estimate of drug-likeness (QED) is 0.409. The van der Waals surface area contributed by atoms with E-state index in [-0.39, 0.29) is 17.9 Å². The molecule has 5 rings (SSSR count). The third-order valence-electron chi connectivity index (χ3n) is 6.36. The van der Waals surface area contributed by atoms with Gasteiger partial charge in [0.15, 0.2) is 0 Å². The summed E-state index contributed by atoms with van der Waals surface area (Å²) in [5.74, 6) is 6.58. The lowest BCUT2D eigenvalue weighted by molar-refractivity contribution is -0.126. The predicted molar refractivity (Wildman–Crippen MR) is 148 cm³/mol. The number of hydrogen-bond donors (Lipinski definition) is 1. The first-order valence-corrected chi connectivity index (χ1v) is 12.6. The van der Waals surface area contributed by atoms with Gasteiger partial charge in [0.25, 0.3) is 11.8 Å². The smallest absolute Gasteiger partial charge is 0.299 e. The van der Waals surface area contributed by atoms with Gasteiger partial charge in [-0.25, -0.2) is 15.0 Å². The maximum atomic E-state index is 13.0. The number of fused-ring (bicyclic) bond motifs is 1. The summed E-state index contributed by atoms with van der Waals surface area (Å²) in [7, 11) is 1.69. The van der Waals surface area contributed by atoms with Crippen LogP contribution < -0.4 is 10.6 Å². The number of nitrogens with two attached hydrogens (primary N) is 1. The highest BCUT2D eigenvalue weighted by atomic mass is 16.2. The van der Waals surface area contributed by atoms with Crippen molar-refractivity contribution in [3.05, 3.63) is 72.4 Å². The second-order valence-corrected chi connectivity index (χ2v) is 8.51. The van der Waals surface area contributed by atoms with E-state index in [4.69, 9.17) is 10.7 Å². The van der Waals surface area contributed by atoms with Crippen molar-refractivity contribution < 1.29 is 9.59 Å². The number of likely N-dealkylation sites (tertiary alicyclic amines) is 1. The van der Waals surface area contributed by atoms with E-state index in [1.54, 1.807) is 55.5 Å². The zero-order valence-corrected chi connectivity index (χ0v) is 22.0. The number of anilines is 2. The first-order valence-electron chi connectivity index (χ1n) is 12.6. The number of benzene rings is 1. The number of imidazole rings is 1. The zero-order chi connectivity index (χ0) is 27.2. The van der Waals surface area contributed by atoms with Gasteiger partial charge < -0.3 is 10.6 Å². The molecule has 0 bridgehead atoms. The molecule has 2 amide bonds. The Morgan fingerprint density at radius 3 is 2.53 bits per heavy atom. The highest BCUT2D eigenvalue weighted by Crippen LogP contribution is 2.36. The monoisotopic (exact) mass is 509 g/mol. The molecule has 0 radical (unpaired) electrons. The van der Waals surface area contributed by atoms with Gasteiger partial charge in [0.2, 0.25) is 0 Å². The van der Waals surface area contributed by atoms with E-state index in [0.717, 1.165) is 18.4 Å². The number of aromatic nitrogens is 4. The van der Waals surface area contributed by atoms with Crippen LogP contribution in [0.25, 0.3) is 16.8 Å². The Bertz CT molecular complexity index is 1500. The summed E-state index contributed by atoms with van der Waals surface area (Å²) >= 11 is 0. The van der Waals surface area contributed by atoms with Gasteiger partial charge in [-0.15, -0.1) is 0 Å². The SMILES string of the molecule is CC.CC#CC(=O)N1CCCC1c1nc(-c2ccc(C(=O)N(C)c3ccccn3)cc2)c2c(N)nccn12.